The number of hydrogen-bond acceptors (Lipinski definition) is 6. The smallest absolute Gasteiger partial charge is 0.407 e. The predicted molar refractivity (Wildman–Crippen MR) is 118 cm³/mol. The number of pyridine rings is 1. The molecule has 2 aromatic heterocycles. The highest BCUT2D eigenvalue weighted by atomic mass is 16.6. The molecular formula is C23H34N4O4. The zero-order chi connectivity index (χ0) is 22.8. The number of amides is 2. The zero-order valence-corrected chi connectivity index (χ0v) is 19.4. The van der Waals surface area contributed by atoms with Crippen LogP contribution in [0.1, 0.15) is 88.5 Å². The van der Waals surface area contributed by atoms with Crippen LogP contribution in [0.15, 0.2) is 10.6 Å². The summed E-state index contributed by atoms with van der Waals surface area (Å²) < 4.78 is 10.7. The van der Waals surface area contributed by atoms with Gasteiger partial charge in [-0.2, -0.15) is 0 Å². The largest absolute Gasteiger partial charge is 0.444 e. The van der Waals surface area contributed by atoms with E-state index >= 15 is 0 Å². The van der Waals surface area contributed by atoms with E-state index < -0.39 is 11.7 Å². The van der Waals surface area contributed by atoms with Crippen molar-refractivity contribution in [1.29, 1.82) is 0 Å². The first-order valence-electron chi connectivity index (χ1n) is 11.0. The first-order valence-corrected chi connectivity index (χ1v) is 11.0. The average molecular weight is 431 g/mol. The summed E-state index contributed by atoms with van der Waals surface area (Å²) in [5.41, 5.74) is 2.11. The van der Waals surface area contributed by atoms with E-state index in [0.717, 1.165) is 24.2 Å². The second kappa shape index (κ2) is 8.85. The maximum absolute atomic E-state index is 13.0. The molecule has 0 aliphatic heterocycles. The molecule has 1 saturated carbocycles. The van der Waals surface area contributed by atoms with Crippen molar-refractivity contribution in [3.05, 3.63) is 23.0 Å². The van der Waals surface area contributed by atoms with Gasteiger partial charge in [0.25, 0.3) is 11.6 Å². The fourth-order valence-corrected chi connectivity index (χ4v) is 3.31. The Kier molecular flexibility index (Phi) is 6.57. The standard InChI is InChI=1S/C23H34N4O4/c1-22(2,3)13-17-18-15(12-16(14-8-9-14)26-20(18)31-27-17)19(28)24-10-7-11-25-21(29)30-23(4,5)6/h12,14H,7-11,13H2,1-6H3,(H,24,28)(H,25,29). The second-order valence-corrected chi connectivity index (χ2v) is 10.5. The summed E-state index contributed by atoms with van der Waals surface area (Å²) in [6.45, 7) is 12.7. The van der Waals surface area contributed by atoms with Crippen LogP contribution in [0.3, 0.4) is 0 Å². The number of alkyl carbamates (subject to hydrolysis) is 1. The van der Waals surface area contributed by atoms with E-state index in [1.807, 2.05) is 26.8 Å². The minimum absolute atomic E-state index is 0.0000457. The molecule has 0 atom stereocenters. The van der Waals surface area contributed by atoms with Crippen molar-refractivity contribution in [3.63, 3.8) is 0 Å². The van der Waals surface area contributed by atoms with Gasteiger partial charge in [0.1, 0.15) is 5.60 Å². The third-order valence-corrected chi connectivity index (χ3v) is 4.78. The molecule has 2 heterocycles. The summed E-state index contributed by atoms with van der Waals surface area (Å²) in [6.07, 6.45) is 2.98. The zero-order valence-electron chi connectivity index (χ0n) is 19.4. The van der Waals surface area contributed by atoms with E-state index in [9.17, 15) is 9.59 Å². The molecule has 0 radical (unpaired) electrons. The van der Waals surface area contributed by atoms with Crippen LogP contribution in [-0.2, 0) is 11.2 Å². The second-order valence-electron chi connectivity index (χ2n) is 10.5. The highest BCUT2D eigenvalue weighted by molar-refractivity contribution is 6.06. The normalized spacial score (nSPS) is 14.5. The maximum Gasteiger partial charge on any atom is 0.407 e. The number of hydrogen-bond donors (Lipinski definition) is 2. The molecule has 0 aromatic carbocycles. The molecule has 2 aromatic rings. The third-order valence-electron chi connectivity index (χ3n) is 4.78. The minimum Gasteiger partial charge on any atom is -0.444 e. The van der Waals surface area contributed by atoms with Gasteiger partial charge in [0.2, 0.25) is 0 Å². The molecule has 1 aliphatic carbocycles. The quantitative estimate of drug-likeness (QED) is 0.633. The van der Waals surface area contributed by atoms with Crippen LogP contribution in [0, 0.1) is 5.41 Å². The number of nitrogens with zero attached hydrogens (tertiary/aromatic N) is 2. The Morgan fingerprint density at radius 3 is 2.42 bits per heavy atom. The number of carbonyl (C=O) groups excluding carboxylic acids is 2. The van der Waals surface area contributed by atoms with Crippen molar-refractivity contribution < 1.29 is 18.8 Å². The number of ether oxygens (including phenoxy) is 1. The highest BCUT2D eigenvalue weighted by Gasteiger charge is 2.30. The molecule has 8 nitrogen and oxygen atoms in total. The predicted octanol–water partition coefficient (Wildman–Crippen LogP) is 4.33. The lowest BCUT2D eigenvalue weighted by atomic mass is 9.89. The molecule has 0 saturated heterocycles. The fraction of sp³-hybridized carbons (Fsp3) is 0.652. The summed E-state index contributed by atoms with van der Waals surface area (Å²) >= 11 is 0. The van der Waals surface area contributed by atoms with Crippen LogP contribution in [0.25, 0.3) is 11.1 Å². The lowest BCUT2D eigenvalue weighted by Gasteiger charge is -2.19. The van der Waals surface area contributed by atoms with Gasteiger partial charge in [-0.05, 0) is 57.9 Å². The van der Waals surface area contributed by atoms with Crippen LogP contribution < -0.4 is 10.6 Å². The Balaban J connectivity index is 1.66. The monoisotopic (exact) mass is 430 g/mol. The number of fused-ring (bicyclic) bond motifs is 1. The Morgan fingerprint density at radius 2 is 1.81 bits per heavy atom. The fourth-order valence-electron chi connectivity index (χ4n) is 3.31. The van der Waals surface area contributed by atoms with Gasteiger partial charge in [0, 0.05) is 24.7 Å². The van der Waals surface area contributed by atoms with E-state index in [-0.39, 0.29) is 11.3 Å². The van der Waals surface area contributed by atoms with Crippen LogP contribution >= 0.6 is 0 Å². The van der Waals surface area contributed by atoms with E-state index in [0.29, 0.717) is 48.5 Å². The van der Waals surface area contributed by atoms with Crippen LogP contribution in [0.4, 0.5) is 4.79 Å². The molecule has 0 bridgehead atoms. The highest BCUT2D eigenvalue weighted by Crippen LogP contribution is 2.40. The lowest BCUT2D eigenvalue weighted by molar-refractivity contribution is 0.0527. The van der Waals surface area contributed by atoms with Crippen LogP contribution in [-0.4, -0.2) is 40.8 Å². The Morgan fingerprint density at radius 1 is 1.13 bits per heavy atom. The molecule has 8 heteroatoms. The minimum atomic E-state index is -0.534. The SMILES string of the molecule is CC(C)(C)Cc1noc2nc(C3CC3)cc(C(=O)NCCCNC(=O)OC(C)(C)C)c12. The Labute approximate surface area is 183 Å². The first kappa shape index (κ1) is 23.0. The molecule has 170 valence electrons. The van der Waals surface area contributed by atoms with Gasteiger partial charge in [-0.1, -0.05) is 25.9 Å². The molecule has 1 aliphatic rings. The van der Waals surface area contributed by atoms with E-state index in [1.54, 1.807) is 0 Å². The number of nitrogens with one attached hydrogen (secondary N) is 2. The molecule has 31 heavy (non-hydrogen) atoms. The van der Waals surface area contributed by atoms with E-state index in [4.69, 9.17) is 9.26 Å². The van der Waals surface area contributed by atoms with Crippen molar-refractivity contribution in [1.82, 2.24) is 20.8 Å². The van der Waals surface area contributed by atoms with Crippen LogP contribution in [0.2, 0.25) is 0 Å². The molecule has 2 amide bonds. The molecular weight excluding hydrogens is 396 g/mol. The molecule has 0 spiro atoms. The topological polar surface area (TPSA) is 106 Å². The van der Waals surface area contributed by atoms with Crippen molar-refractivity contribution in [2.24, 2.45) is 5.41 Å². The Bertz CT molecular complexity index is 949. The summed E-state index contributed by atoms with van der Waals surface area (Å²) in [7, 11) is 0. The summed E-state index contributed by atoms with van der Waals surface area (Å²) in [5.74, 6) is 0.218. The van der Waals surface area contributed by atoms with Crippen molar-refractivity contribution >= 4 is 23.1 Å². The Hall–Kier alpha value is -2.64. The summed E-state index contributed by atoms with van der Waals surface area (Å²) in [6, 6.07) is 1.89. The summed E-state index contributed by atoms with van der Waals surface area (Å²) in [4.78, 5) is 29.4. The maximum atomic E-state index is 13.0. The van der Waals surface area contributed by atoms with Gasteiger partial charge in [0.05, 0.1) is 16.6 Å². The molecule has 0 unspecified atom stereocenters. The van der Waals surface area contributed by atoms with Gasteiger partial charge in [-0.3, -0.25) is 4.79 Å². The van der Waals surface area contributed by atoms with Crippen molar-refractivity contribution in [2.75, 3.05) is 13.1 Å². The average Bonchev–Trinajstić information content (AvgIpc) is 3.40. The van der Waals surface area contributed by atoms with Crippen molar-refractivity contribution in [3.8, 4) is 0 Å². The third kappa shape index (κ3) is 6.67. The number of aromatic nitrogens is 2. The van der Waals surface area contributed by atoms with Gasteiger partial charge >= 0.3 is 6.09 Å². The van der Waals surface area contributed by atoms with Crippen LogP contribution in [0.5, 0.6) is 0 Å². The molecule has 3 rings (SSSR count). The van der Waals surface area contributed by atoms with Gasteiger partial charge in [-0.25, -0.2) is 9.78 Å². The van der Waals surface area contributed by atoms with Crippen molar-refractivity contribution in [2.45, 2.75) is 78.7 Å². The first-order chi connectivity index (χ1) is 14.4. The molecule has 1 fully saturated rings. The van der Waals surface area contributed by atoms with Gasteiger partial charge in [0.15, 0.2) is 0 Å². The number of carbonyl (C=O) groups is 2. The van der Waals surface area contributed by atoms with Gasteiger partial charge in [-0.15, -0.1) is 0 Å². The molecule has 2 N–H and O–H groups in total. The van der Waals surface area contributed by atoms with Gasteiger partial charge < -0.3 is 19.9 Å². The van der Waals surface area contributed by atoms with E-state index in [1.165, 1.54) is 0 Å². The number of rotatable bonds is 7. The lowest BCUT2D eigenvalue weighted by Crippen LogP contribution is -2.34. The summed E-state index contributed by atoms with van der Waals surface area (Å²) in [5, 5.41) is 10.6. The van der Waals surface area contributed by atoms with E-state index in [2.05, 4.69) is 41.5 Å².